The summed E-state index contributed by atoms with van der Waals surface area (Å²) in [5.74, 6) is -0.402. The summed E-state index contributed by atoms with van der Waals surface area (Å²) in [6.45, 7) is 6.10. The van der Waals surface area contributed by atoms with Crippen LogP contribution in [0.1, 0.15) is 48.5 Å². The standard InChI is InChI=1S/C23H29N3O2/c1-3-7-21(25-22(27)18-12-10-17(2)11-13-18)23(28)24-19-8-6-9-20(16-19)26-14-4-5-15-26/h6,8-13,16,21H,3-5,7,14-15H2,1-2H3,(H,24,28)(H,25,27). The van der Waals surface area contributed by atoms with Gasteiger partial charge in [0.15, 0.2) is 0 Å². The average Bonchev–Trinajstić information content (AvgIpc) is 3.23. The van der Waals surface area contributed by atoms with Crippen molar-refractivity contribution in [3.05, 3.63) is 59.7 Å². The van der Waals surface area contributed by atoms with Gasteiger partial charge in [0.25, 0.3) is 5.91 Å². The minimum absolute atomic E-state index is 0.180. The van der Waals surface area contributed by atoms with Gasteiger partial charge in [-0.2, -0.15) is 0 Å². The molecular weight excluding hydrogens is 350 g/mol. The van der Waals surface area contributed by atoms with Gasteiger partial charge in [-0.25, -0.2) is 0 Å². The van der Waals surface area contributed by atoms with Gasteiger partial charge in [-0.05, 0) is 56.5 Å². The van der Waals surface area contributed by atoms with Crippen LogP contribution in [0.15, 0.2) is 48.5 Å². The average molecular weight is 380 g/mol. The molecule has 2 aromatic carbocycles. The Kier molecular flexibility index (Phi) is 6.69. The molecule has 0 aromatic heterocycles. The van der Waals surface area contributed by atoms with E-state index in [1.807, 2.05) is 44.2 Å². The first kappa shape index (κ1) is 19.9. The molecule has 0 saturated carbocycles. The molecule has 0 spiro atoms. The highest BCUT2D eigenvalue weighted by Crippen LogP contribution is 2.23. The van der Waals surface area contributed by atoms with Crippen LogP contribution in [-0.4, -0.2) is 30.9 Å². The molecule has 1 heterocycles. The smallest absolute Gasteiger partial charge is 0.251 e. The maximum absolute atomic E-state index is 12.8. The van der Waals surface area contributed by atoms with E-state index < -0.39 is 6.04 Å². The molecule has 5 nitrogen and oxygen atoms in total. The van der Waals surface area contributed by atoms with Gasteiger partial charge in [0.05, 0.1) is 0 Å². The molecule has 1 atom stereocenters. The highest BCUT2D eigenvalue weighted by Gasteiger charge is 2.21. The number of nitrogens with one attached hydrogen (secondary N) is 2. The predicted molar refractivity (Wildman–Crippen MR) is 114 cm³/mol. The van der Waals surface area contributed by atoms with Crippen LogP contribution in [0.5, 0.6) is 0 Å². The molecule has 0 radical (unpaired) electrons. The van der Waals surface area contributed by atoms with Crippen LogP contribution >= 0.6 is 0 Å². The molecule has 1 fully saturated rings. The van der Waals surface area contributed by atoms with E-state index in [1.54, 1.807) is 12.1 Å². The van der Waals surface area contributed by atoms with Crippen LogP contribution in [0.2, 0.25) is 0 Å². The number of carbonyl (C=O) groups is 2. The lowest BCUT2D eigenvalue weighted by Gasteiger charge is -2.20. The lowest BCUT2D eigenvalue weighted by molar-refractivity contribution is -0.118. The van der Waals surface area contributed by atoms with Gasteiger partial charge in [-0.3, -0.25) is 9.59 Å². The van der Waals surface area contributed by atoms with Crippen LogP contribution in [0.4, 0.5) is 11.4 Å². The third-order valence-electron chi connectivity index (χ3n) is 5.10. The van der Waals surface area contributed by atoms with Gasteiger partial charge in [0.1, 0.15) is 6.04 Å². The number of aryl methyl sites for hydroxylation is 1. The van der Waals surface area contributed by atoms with Crippen molar-refractivity contribution < 1.29 is 9.59 Å². The number of benzene rings is 2. The Hall–Kier alpha value is -2.82. The molecule has 0 aliphatic carbocycles. The van der Waals surface area contributed by atoms with E-state index in [4.69, 9.17) is 0 Å². The summed E-state index contributed by atoms with van der Waals surface area (Å²) in [7, 11) is 0. The molecule has 3 rings (SSSR count). The fraction of sp³-hybridized carbons (Fsp3) is 0.391. The number of hydrogen-bond donors (Lipinski definition) is 2. The third-order valence-corrected chi connectivity index (χ3v) is 5.10. The lowest BCUT2D eigenvalue weighted by Crippen LogP contribution is -2.43. The zero-order chi connectivity index (χ0) is 19.9. The maximum atomic E-state index is 12.8. The Morgan fingerprint density at radius 1 is 1.07 bits per heavy atom. The van der Waals surface area contributed by atoms with Gasteiger partial charge >= 0.3 is 0 Å². The monoisotopic (exact) mass is 379 g/mol. The molecule has 2 aromatic rings. The van der Waals surface area contributed by atoms with E-state index in [0.29, 0.717) is 12.0 Å². The Balaban J connectivity index is 1.66. The zero-order valence-corrected chi connectivity index (χ0v) is 16.7. The van der Waals surface area contributed by atoms with E-state index in [2.05, 4.69) is 21.6 Å². The molecule has 1 aliphatic heterocycles. The zero-order valence-electron chi connectivity index (χ0n) is 16.7. The number of rotatable bonds is 7. The topological polar surface area (TPSA) is 61.4 Å². The second kappa shape index (κ2) is 9.40. The Labute approximate surface area is 167 Å². The summed E-state index contributed by atoms with van der Waals surface area (Å²) < 4.78 is 0. The molecule has 148 valence electrons. The molecule has 1 saturated heterocycles. The van der Waals surface area contributed by atoms with Gasteiger partial charge in [-0.1, -0.05) is 37.1 Å². The predicted octanol–water partition coefficient (Wildman–Crippen LogP) is 4.13. The summed E-state index contributed by atoms with van der Waals surface area (Å²) in [4.78, 5) is 27.7. The molecule has 2 amide bonds. The summed E-state index contributed by atoms with van der Waals surface area (Å²) >= 11 is 0. The largest absolute Gasteiger partial charge is 0.371 e. The van der Waals surface area contributed by atoms with Crippen LogP contribution in [0.25, 0.3) is 0 Å². The molecule has 0 bridgehead atoms. The van der Waals surface area contributed by atoms with Crippen LogP contribution in [0.3, 0.4) is 0 Å². The van der Waals surface area contributed by atoms with E-state index >= 15 is 0 Å². The quantitative estimate of drug-likeness (QED) is 0.760. The SMILES string of the molecule is CCCC(NC(=O)c1ccc(C)cc1)C(=O)Nc1cccc(N2CCCC2)c1. The Bertz CT molecular complexity index is 811. The molecule has 28 heavy (non-hydrogen) atoms. The van der Waals surface area contributed by atoms with Crippen molar-refractivity contribution >= 4 is 23.2 Å². The van der Waals surface area contributed by atoms with Crippen molar-refractivity contribution in [2.75, 3.05) is 23.3 Å². The number of amides is 2. The van der Waals surface area contributed by atoms with Crippen molar-refractivity contribution in [1.29, 1.82) is 0 Å². The number of anilines is 2. The van der Waals surface area contributed by atoms with E-state index in [1.165, 1.54) is 12.8 Å². The first-order chi connectivity index (χ1) is 13.6. The van der Waals surface area contributed by atoms with Crippen molar-refractivity contribution in [1.82, 2.24) is 5.32 Å². The van der Waals surface area contributed by atoms with Gasteiger partial charge < -0.3 is 15.5 Å². The van der Waals surface area contributed by atoms with Crippen LogP contribution < -0.4 is 15.5 Å². The van der Waals surface area contributed by atoms with Crippen LogP contribution in [0, 0.1) is 6.92 Å². The summed E-state index contributed by atoms with van der Waals surface area (Å²) in [6.07, 6.45) is 3.82. The van der Waals surface area contributed by atoms with E-state index in [-0.39, 0.29) is 11.8 Å². The van der Waals surface area contributed by atoms with Gasteiger partial charge in [0.2, 0.25) is 5.91 Å². The summed E-state index contributed by atoms with van der Waals surface area (Å²) in [5.41, 5.74) is 3.55. The Morgan fingerprint density at radius 2 is 1.79 bits per heavy atom. The second-order valence-corrected chi connectivity index (χ2v) is 7.41. The lowest BCUT2D eigenvalue weighted by atomic mass is 10.1. The number of carbonyl (C=O) groups excluding carboxylic acids is 2. The molecule has 1 unspecified atom stereocenters. The Morgan fingerprint density at radius 3 is 2.46 bits per heavy atom. The van der Waals surface area contributed by atoms with Gasteiger partial charge in [-0.15, -0.1) is 0 Å². The van der Waals surface area contributed by atoms with Crippen molar-refractivity contribution in [2.45, 2.75) is 45.6 Å². The molecule has 1 aliphatic rings. The minimum Gasteiger partial charge on any atom is -0.371 e. The highest BCUT2D eigenvalue weighted by molar-refractivity contribution is 6.01. The fourth-order valence-corrected chi connectivity index (χ4v) is 3.49. The van der Waals surface area contributed by atoms with E-state index in [0.717, 1.165) is 36.4 Å². The van der Waals surface area contributed by atoms with Crippen molar-refractivity contribution in [3.63, 3.8) is 0 Å². The first-order valence-corrected chi connectivity index (χ1v) is 10.1. The third kappa shape index (κ3) is 5.12. The van der Waals surface area contributed by atoms with Crippen LogP contribution in [-0.2, 0) is 4.79 Å². The maximum Gasteiger partial charge on any atom is 0.251 e. The second-order valence-electron chi connectivity index (χ2n) is 7.41. The summed E-state index contributed by atoms with van der Waals surface area (Å²) in [6, 6.07) is 14.7. The fourth-order valence-electron chi connectivity index (χ4n) is 3.49. The van der Waals surface area contributed by atoms with E-state index in [9.17, 15) is 9.59 Å². The minimum atomic E-state index is -0.561. The van der Waals surface area contributed by atoms with Crippen molar-refractivity contribution in [3.8, 4) is 0 Å². The van der Waals surface area contributed by atoms with Gasteiger partial charge in [0, 0.05) is 30.0 Å². The highest BCUT2D eigenvalue weighted by atomic mass is 16.2. The normalized spacial score (nSPS) is 14.6. The molecule has 2 N–H and O–H groups in total. The van der Waals surface area contributed by atoms with Crippen molar-refractivity contribution in [2.24, 2.45) is 0 Å². The molecule has 5 heteroatoms. The first-order valence-electron chi connectivity index (χ1n) is 10.1. The summed E-state index contributed by atoms with van der Waals surface area (Å²) in [5, 5.41) is 5.86. The number of nitrogens with zero attached hydrogens (tertiary/aromatic N) is 1. The number of hydrogen-bond acceptors (Lipinski definition) is 3. The molecular formula is C23H29N3O2.